The third kappa shape index (κ3) is 3.08. The van der Waals surface area contributed by atoms with Crippen LogP contribution >= 0.6 is 27.5 Å². The zero-order valence-corrected chi connectivity index (χ0v) is 12.1. The first kappa shape index (κ1) is 14.7. The molecule has 0 heterocycles. The largest absolute Gasteiger partial charge is 0.508 e. The van der Waals surface area contributed by atoms with Gasteiger partial charge in [0.1, 0.15) is 17.4 Å². The predicted molar refractivity (Wildman–Crippen MR) is 75.1 cm³/mol. The number of anilines is 1. The highest BCUT2D eigenvalue weighted by Crippen LogP contribution is 2.26. The van der Waals surface area contributed by atoms with Gasteiger partial charge in [-0.2, -0.15) is 0 Å². The summed E-state index contributed by atoms with van der Waals surface area (Å²) >= 11 is 8.64. The Morgan fingerprint density at radius 3 is 2.60 bits per heavy atom. The van der Waals surface area contributed by atoms with E-state index in [2.05, 4.69) is 21.2 Å². The molecule has 2 rings (SSSR count). The lowest BCUT2D eigenvalue weighted by molar-refractivity contribution is 0.102. The Labute approximate surface area is 126 Å². The van der Waals surface area contributed by atoms with Crippen LogP contribution in [0.3, 0.4) is 0 Å². The highest BCUT2D eigenvalue weighted by Gasteiger charge is 2.15. The number of nitrogens with one attached hydrogen (secondary N) is 1. The Hall–Kier alpha value is -1.66. The van der Waals surface area contributed by atoms with Crippen molar-refractivity contribution < 1.29 is 18.7 Å². The topological polar surface area (TPSA) is 49.3 Å². The fourth-order valence-electron chi connectivity index (χ4n) is 1.50. The van der Waals surface area contributed by atoms with E-state index in [1.165, 1.54) is 12.1 Å². The highest BCUT2D eigenvalue weighted by atomic mass is 79.9. The van der Waals surface area contributed by atoms with E-state index in [1.54, 1.807) is 0 Å². The van der Waals surface area contributed by atoms with E-state index in [9.17, 15) is 18.7 Å². The Balaban J connectivity index is 2.32. The van der Waals surface area contributed by atoms with Crippen LogP contribution in [0.5, 0.6) is 5.75 Å². The number of aromatic hydroxyl groups is 1. The number of phenolic OH excluding ortho intramolecular Hbond substituents is 1. The van der Waals surface area contributed by atoms with Crippen LogP contribution < -0.4 is 5.32 Å². The van der Waals surface area contributed by atoms with E-state index in [-0.39, 0.29) is 26.5 Å². The molecule has 0 saturated heterocycles. The molecule has 0 aliphatic carbocycles. The fourth-order valence-corrected chi connectivity index (χ4v) is 2.01. The molecule has 0 aliphatic heterocycles. The van der Waals surface area contributed by atoms with Gasteiger partial charge < -0.3 is 10.4 Å². The predicted octanol–water partition coefficient (Wildman–Crippen LogP) is 4.34. The van der Waals surface area contributed by atoms with Crippen LogP contribution in [0.15, 0.2) is 34.8 Å². The van der Waals surface area contributed by atoms with Gasteiger partial charge in [0, 0.05) is 6.07 Å². The first-order valence-electron chi connectivity index (χ1n) is 5.33. The van der Waals surface area contributed by atoms with E-state index < -0.39 is 17.5 Å². The molecule has 0 fully saturated rings. The molecule has 0 aliphatic rings. The molecule has 2 aromatic rings. The second-order valence-corrected chi connectivity index (χ2v) is 5.13. The van der Waals surface area contributed by atoms with Crippen molar-refractivity contribution in [3.63, 3.8) is 0 Å². The maximum absolute atomic E-state index is 13.6. The molecule has 0 aromatic heterocycles. The Bertz CT molecular complexity index is 694. The molecule has 1 amide bonds. The quantitative estimate of drug-likeness (QED) is 0.781. The minimum atomic E-state index is -0.803. The van der Waals surface area contributed by atoms with Gasteiger partial charge in [0.15, 0.2) is 0 Å². The van der Waals surface area contributed by atoms with Crippen LogP contribution in [0, 0.1) is 11.6 Å². The number of carbonyl (C=O) groups excluding carboxylic acids is 1. The third-order valence-corrected chi connectivity index (χ3v) is 3.39. The van der Waals surface area contributed by atoms with Crippen LogP contribution in [0.1, 0.15) is 10.4 Å². The molecular formula is C13H7BrClF2NO2. The lowest BCUT2D eigenvalue weighted by Crippen LogP contribution is -2.13. The summed E-state index contributed by atoms with van der Waals surface area (Å²) in [4.78, 5) is 11.9. The number of phenols is 1. The minimum Gasteiger partial charge on any atom is -0.508 e. The summed E-state index contributed by atoms with van der Waals surface area (Å²) in [6.07, 6.45) is 0. The van der Waals surface area contributed by atoms with Gasteiger partial charge in [-0.1, -0.05) is 11.6 Å². The molecule has 0 saturated carbocycles. The van der Waals surface area contributed by atoms with Gasteiger partial charge in [0.25, 0.3) is 5.91 Å². The van der Waals surface area contributed by atoms with Crippen molar-refractivity contribution in [1.82, 2.24) is 0 Å². The Morgan fingerprint density at radius 1 is 1.20 bits per heavy atom. The van der Waals surface area contributed by atoms with Gasteiger partial charge in [-0.05, 0) is 40.2 Å². The van der Waals surface area contributed by atoms with E-state index in [1.807, 2.05) is 0 Å². The van der Waals surface area contributed by atoms with Gasteiger partial charge in [-0.25, -0.2) is 8.78 Å². The summed E-state index contributed by atoms with van der Waals surface area (Å²) in [7, 11) is 0. The third-order valence-electron chi connectivity index (χ3n) is 2.45. The van der Waals surface area contributed by atoms with Gasteiger partial charge in [0.2, 0.25) is 0 Å². The number of halogens is 4. The summed E-state index contributed by atoms with van der Waals surface area (Å²) in [6, 6.07) is 5.50. The molecule has 20 heavy (non-hydrogen) atoms. The van der Waals surface area contributed by atoms with Crippen LogP contribution in [-0.2, 0) is 0 Å². The van der Waals surface area contributed by atoms with Crippen molar-refractivity contribution in [2.45, 2.75) is 0 Å². The molecular weight excluding hydrogens is 356 g/mol. The van der Waals surface area contributed by atoms with Crippen molar-refractivity contribution in [2.24, 2.45) is 0 Å². The maximum Gasteiger partial charge on any atom is 0.257 e. The van der Waals surface area contributed by atoms with E-state index in [0.29, 0.717) is 0 Å². The number of carbonyl (C=O) groups is 1. The molecule has 2 N–H and O–H groups in total. The van der Waals surface area contributed by atoms with Crippen molar-refractivity contribution in [3.8, 4) is 5.75 Å². The average molecular weight is 363 g/mol. The minimum absolute atomic E-state index is 0.0469. The molecule has 7 heteroatoms. The zero-order valence-electron chi connectivity index (χ0n) is 9.75. The summed E-state index contributed by atoms with van der Waals surface area (Å²) < 4.78 is 26.9. The SMILES string of the molecule is O=C(Nc1cc(F)c(Br)cc1F)c1cc(O)ccc1Cl. The standard InChI is InChI=1S/C13H7BrClF2NO2/c14-8-4-11(17)12(5-10(8)16)18-13(20)7-3-6(19)1-2-9(7)15/h1-5,19H,(H,18,20). The summed E-state index contributed by atoms with van der Waals surface area (Å²) in [6.45, 7) is 0. The second-order valence-electron chi connectivity index (χ2n) is 3.86. The molecule has 0 spiro atoms. The number of rotatable bonds is 2. The number of benzene rings is 2. The first-order valence-corrected chi connectivity index (χ1v) is 6.50. The van der Waals surface area contributed by atoms with Crippen LogP contribution in [0.4, 0.5) is 14.5 Å². The van der Waals surface area contributed by atoms with Crippen molar-refractivity contribution in [3.05, 3.63) is 57.0 Å². The van der Waals surface area contributed by atoms with Crippen molar-refractivity contribution in [1.29, 1.82) is 0 Å². The number of amides is 1. The van der Waals surface area contributed by atoms with Gasteiger partial charge in [-0.15, -0.1) is 0 Å². The monoisotopic (exact) mass is 361 g/mol. The van der Waals surface area contributed by atoms with Gasteiger partial charge >= 0.3 is 0 Å². The average Bonchev–Trinajstić information content (AvgIpc) is 2.38. The van der Waals surface area contributed by atoms with E-state index >= 15 is 0 Å². The van der Waals surface area contributed by atoms with Gasteiger partial charge in [0.05, 0.1) is 20.7 Å². The van der Waals surface area contributed by atoms with E-state index in [0.717, 1.165) is 18.2 Å². The lowest BCUT2D eigenvalue weighted by atomic mass is 10.2. The lowest BCUT2D eigenvalue weighted by Gasteiger charge is -2.09. The van der Waals surface area contributed by atoms with Crippen LogP contribution in [0.2, 0.25) is 5.02 Å². The Morgan fingerprint density at radius 2 is 1.90 bits per heavy atom. The molecule has 0 atom stereocenters. The van der Waals surface area contributed by atoms with Crippen molar-refractivity contribution >= 4 is 39.1 Å². The number of hydrogen-bond donors (Lipinski definition) is 2. The molecule has 0 radical (unpaired) electrons. The first-order chi connectivity index (χ1) is 9.38. The maximum atomic E-state index is 13.6. The number of hydrogen-bond acceptors (Lipinski definition) is 2. The van der Waals surface area contributed by atoms with Crippen LogP contribution in [0.25, 0.3) is 0 Å². The van der Waals surface area contributed by atoms with Crippen LogP contribution in [-0.4, -0.2) is 11.0 Å². The second kappa shape index (κ2) is 5.76. The smallest absolute Gasteiger partial charge is 0.257 e. The van der Waals surface area contributed by atoms with Gasteiger partial charge in [-0.3, -0.25) is 4.79 Å². The molecule has 104 valence electrons. The summed E-state index contributed by atoms with van der Waals surface area (Å²) in [5.41, 5.74) is -0.371. The normalized spacial score (nSPS) is 10.4. The summed E-state index contributed by atoms with van der Waals surface area (Å²) in [5, 5.41) is 11.6. The molecule has 2 aromatic carbocycles. The Kier molecular flexibility index (Phi) is 4.25. The summed E-state index contributed by atoms with van der Waals surface area (Å²) in [5.74, 6) is -2.44. The molecule has 3 nitrogen and oxygen atoms in total. The molecule has 0 bridgehead atoms. The fraction of sp³-hybridized carbons (Fsp3) is 0. The van der Waals surface area contributed by atoms with E-state index in [4.69, 9.17) is 11.6 Å². The molecule has 0 unspecified atom stereocenters. The van der Waals surface area contributed by atoms with Crippen molar-refractivity contribution in [2.75, 3.05) is 5.32 Å². The zero-order chi connectivity index (χ0) is 14.9. The highest BCUT2D eigenvalue weighted by molar-refractivity contribution is 9.10.